The number of cyclic esters (lactones) is 2. The fraction of sp³-hybridized carbons (Fsp3) is 0.535. The Kier molecular flexibility index (Phi) is 29.3. The second-order valence-corrected chi connectivity index (χ2v) is 42.7. The number of amides is 1. The monoisotopic (exact) mass is 1400 g/mol. The second kappa shape index (κ2) is 35.8. The van der Waals surface area contributed by atoms with Crippen molar-refractivity contribution >= 4 is 61.2 Å². The lowest BCUT2D eigenvalue weighted by atomic mass is 9.89. The number of esters is 4. The van der Waals surface area contributed by atoms with Gasteiger partial charge in [0.15, 0.2) is 0 Å². The molecule has 4 aromatic rings. The van der Waals surface area contributed by atoms with Crippen LogP contribution in [0.1, 0.15) is 132 Å². The Morgan fingerprint density at radius 1 is 0.698 bits per heavy atom. The van der Waals surface area contributed by atoms with Gasteiger partial charge in [0, 0.05) is 64.3 Å². The van der Waals surface area contributed by atoms with Crippen molar-refractivity contribution in [3.05, 3.63) is 140 Å². The average molecular weight is 1400 g/mol. The Bertz CT molecular complexity index is 3500. The van der Waals surface area contributed by atoms with E-state index < -0.39 is 55.3 Å². The quantitative estimate of drug-likeness (QED) is 0.0122. The molecule has 25 heteroatoms. The minimum atomic E-state index is -3.86. The highest BCUT2D eigenvalue weighted by molar-refractivity contribution is 7.57. The SMILES string of the molecule is CCc1c(C)c2c(c(O)c1C/C=C(\C)CP(=O)(N[C@@H](C)C(=O)OC1CCNCC1)Oc1ccccc1)C(=O)OC2.CCc1c(C)c2c(c(OCC[Si](C)(C)C)c1C/C=C(\C)CP(=O)(O)Oc1ccccc1)C(=O)OC2.C[C@H](N)C(=O)OC1CCN(C(=O)OCC[Si](C)(C)C)CC1. The van der Waals surface area contributed by atoms with Gasteiger partial charge in [-0.25, -0.2) is 24.0 Å². The Hall–Kier alpha value is -6.56. The zero-order chi connectivity index (χ0) is 70.7. The van der Waals surface area contributed by atoms with Crippen LogP contribution in [-0.2, 0) is 81.3 Å². The molecule has 0 aromatic heterocycles. The number of piperidine rings is 2. The molecule has 4 atom stereocenters. The number of aromatic hydroxyl groups is 1. The van der Waals surface area contributed by atoms with Crippen molar-refractivity contribution in [2.75, 3.05) is 51.7 Å². The van der Waals surface area contributed by atoms with E-state index >= 15 is 0 Å². The van der Waals surface area contributed by atoms with Crippen LogP contribution in [0.15, 0.2) is 84.0 Å². The number of phenols is 1. The van der Waals surface area contributed by atoms with Gasteiger partial charge in [-0.05, 0) is 152 Å². The first kappa shape index (κ1) is 78.4. The molecule has 0 bridgehead atoms. The standard InChI is InChI=1S/C30H39N2O7P.C27H37O6PSi.C14H28N2O4Si/c1-5-24-20(3)26-17-37-30(35)27(26)28(33)25(24)12-11-19(2)18-40(36,39-23-9-7-6-8-10-23)32-21(4)29(34)38-22-13-15-31-16-14-22;1-7-22-20(3)24-17-32-27(28)25(24)26(31-15-16-35(4,5)6)23(22)14-13-19(2)18-34(29,30)33-21-11-9-8-10-12-21;1-11(15)13(17)20-12-5-7-16(8-6-12)14(18)19-9-10-21(2,3)4/h6-11,21-22,31,33H,5,12-18H2,1-4H3,(H,32,36);8-13H,7,14-18H2,1-6H3,(H,29,30);11-12H,5-10,15H2,1-4H3/b19-11+;19-13+;/t21-,40?;;11-/m0.0/s1. The van der Waals surface area contributed by atoms with Crippen molar-refractivity contribution in [2.45, 2.75) is 196 Å². The minimum Gasteiger partial charge on any atom is -0.507 e. The van der Waals surface area contributed by atoms with Crippen molar-refractivity contribution in [1.82, 2.24) is 15.3 Å². The average Bonchev–Trinajstić information content (AvgIpc) is 1.53. The fourth-order valence-corrected chi connectivity index (χ4v) is 16.4. The van der Waals surface area contributed by atoms with Gasteiger partial charge >= 0.3 is 45.1 Å². The van der Waals surface area contributed by atoms with Crippen LogP contribution in [0, 0.1) is 13.8 Å². The van der Waals surface area contributed by atoms with Crippen LogP contribution in [0.4, 0.5) is 4.79 Å². The third kappa shape index (κ3) is 23.6. The maximum atomic E-state index is 14.1. The van der Waals surface area contributed by atoms with Crippen molar-refractivity contribution in [2.24, 2.45) is 5.73 Å². The van der Waals surface area contributed by atoms with Gasteiger partial charge in [-0.1, -0.05) is 113 Å². The summed E-state index contributed by atoms with van der Waals surface area (Å²) in [5, 5.41) is 17.2. The number of carbonyl (C=O) groups is 5. The molecule has 0 spiro atoms. The van der Waals surface area contributed by atoms with Crippen molar-refractivity contribution < 1.29 is 80.6 Å². The Morgan fingerprint density at radius 3 is 1.72 bits per heavy atom. The van der Waals surface area contributed by atoms with Crippen molar-refractivity contribution in [3.8, 4) is 23.0 Å². The van der Waals surface area contributed by atoms with Crippen LogP contribution < -0.4 is 29.9 Å². The predicted molar refractivity (Wildman–Crippen MR) is 379 cm³/mol. The van der Waals surface area contributed by atoms with Crippen molar-refractivity contribution in [3.63, 3.8) is 0 Å². The van der Waals surface area contributed by atoms with E-state index in [-0.39, 0.29) is 67.1 Å². The van der Waals surface area contributed by atoms with Gasteiger partial charge < -0.3 is 63.4 Å². The number of carbonyl (C=O) groups excluding carboxylic acids is 5. The zero-order valence-electron chi connectivity index (χ0n) is 58.8. The fourth-order valence-electron chi connectivity index (χ4n) is 11.5. The van der Waals surface area contributed by atoms with E-state index in [4.69, 9.17) is 43.2 Å². The molecule has 0 aliphatic carbocycles. The Morgan fingerprint density at radius 2 is 1.18 bits per heavy atom. The number of phenolic OH excluding ortho intramolecular Hbond substituents is 1. The zero-order valence-corrected chi connectivity index (χ0v) is 62.6. The lowest BCUT2D eigenvalue weighted by Crippen LogP contribution is -2.43. The van der Waals surface area contributed by atoms with E-state index in [9.17, 15) is 43.1 Å². The lowest BCUT2D eigenvalue weighted by molar-refractivity contribution is -0.152. The number of para-hydroxylation sites is 2. The molecular formula is C71H104N4O17P2Si2. The maximum absolute atomic E-state index is 14.1. The highest BCUT2D eigenvalue weighted by atomic mass is 31.2. The number of hydrogen-bond donors (Lipinski definition) is 5. The summed E-state index contributed by atoms with van der Waals surface area (Å²) < 4.78 is 71.3. The molecule has 4 aromatic carbocycles. The molecule has 4 aliphatic rings. The highest BCUT2D eigenvalue weighted by Crippen LogP contribution is 2.47. The summed E-state index contributed by atoms with van der Waals surface area (Å²) in [4.78, 5) is 73.2. The minimum absolute atomic E-state index is 0.0288. The number of fused-ring (bicyclic) bond motifs is 2. The molecule has 21 nitrogen and oxygen atoms in total. The topological polar surface area (TPSA) is 287 Å². The Labute approximate surface area is 570 Å². The van der Waals surface area contributed by atoms with Gasteiger partial charge in [-0.2, -0.15) is 0 Å². The molecule has 0 saturated carbocycles. The van der Waals surface area contributed by atoms with E-state index in [0.717, 1.165) is 94.5 Å². The summed E-state index contributed by atoms with van der Waals surface area (Å²) in [6.07, 6.45) is 8.24. The molecule has 1 amide bonds. The molecule has 2 fully saturated rings. The Balaban J connectivity index is 0.000000239. The van der Waals surface area contributed by atoms with Crippen LogP contribution in [-0.4, -0.2) is 137 Å². The molecule has 2 unspecified atom stereocenters. The number of nitrogens with zero attached hydrogens (tertiary/aromatic N) is 1. The van der Waals surface area contributed by atoms with Gasteiger partial charge in [0.05, 0.1) is 25.5 Å². The predicted octanol–water partition coefficient (Wildman–Crippen LogP) is 13.5. The highest BCUT2D eigenvalue weighted by Gasteiger charge is 2.36. The second-order valence-electron chi connectivity index (χ2n) is 27.6. The van der Waals surface area contributed by atoms with E-state index in [1.807, 2.05) is 58.9 Å². The smallest absolute Gasteiger partial charge is 0.409 e. The summed E-state index contributed by atoms with van der Waals surface area (Å²) in [5.74, 6) is -0.369. The number of likely N-dealkylation sites (tertiary alicyclic amines) is 1. The first-order valence-corrected chi connectivity index (χ1v) is 44.5. The van der Waals surface area contributed by atoms with Gasteiger partial charge in [-0.3, -0.25) is 14.2 Å². The summed E-state index contributed by atoms with van der Waals surface area (Å²) in [7, 11) is -9.98. The number of nitrogens with one attached hydrogen (secondary N) is 2. The number of rotatable bonds is 27. The van der Waals surface area contributed by atoms with Gasteiger partial charge in [-0.15, -0.1) is 0 Å². The molecule has 96 heavy (non-hydrogen) atoms. The molecule has 6 N–H and O–H groups in total. The molecule has 4 heterocycles. The molecule has 8 rings (SSSR count). The third-order valence-corrected chi connectivity index (χ3v) is 24.0. The van der Waals surface area contributed by atoms with Gasteiger partial charge in [0.2, 0.25) is 0 Å². The third-order valence-electron chi connectivity index (χ3n) is 17.0. The van der Waals surface area contributed by atoms with Crippen LogP contribution in [0.25, 0.3) is 0 Å². The van der Waals surface area contributed by atoms with E-state index in [0.29, 0.717) is 86.8 Å². The summed E-state index contributed by atoms with van der Waals surface area (Å²) in [5.41, 5.74) is 15.1. The van der Waals surface area contributed by atoms with Gasteiger partial charge in [0.25, 0.3) is 0 Å². The molecular weight excluding hydrogens is 1300 g/mol. The van der Waals surface area contributed by atoms with Crippen LogP contribution in [0.3, 0.4) is 0 Å². The summed E-state index contributed by atoms with van der Waals surface area (Å²) in [6, 6.07) is 18.0. The number of hydrogen-bond acceptors (Lipinski definition) is 18. The largest absolute Gasteiger partial charge is 0.507 e. The summed E-state index contributed by atoms with van der Waals surface area (Å²) in [6.45, 7) is 32.8. The van der Waals surface area contributed by atoms with Crippen LogP contribution in [0.5, 0.6) is 23.0 Å². The maximum Gasteiger partial charge on any atom is 0.409 e. The van der Waals surface area contributed by atoms with E-state index in [1.165, 1.54) is 0 Å². The number of nitrogens with two attached hydrogens (primary N) is 1. The first-order valence-electron chi connectivity index (χ1n) is 33.5. The van der Waals surface area contributed by atoms with Gasteiger partial charge in [0.1, 0.15) is 71.6 Å². The lowest BCUT2D eigenvalue weighted by Gasteiger charge is -2.31. The van der Waals surface area contributed by atoms with Crippen molar-refractivity contribution in [1.29, 1.82) is 0 Å². The number of benzene rings is 4. The van der Waals surface area contributed by atoms with Crippen LogP contribution in [0.2, 0.25) is 51.4 Å². The number of ether oxygens (including phenoxy) is 6. The van der Waals surface area contributed by atoms with E-state index in [1.54, 1.807) is 67.3 Å². The summed E-state index contributed by atoms with van der Waals surface area (Å²) >= 11 is 0. The van der Waals surface area contributed by atoms with E-state index in [2.05, 4.69) is 56.6 Å². The molecule has 2 saturated heterocycles. The number of allylic oxidation sites excluding steroid dienone is 4. The molecule has 528 valence electrons. The normalized spacial score (nSPS) is 17.1. The molecule has 0 radical (unpaired) electrons. The molecule has 4 aliphatic heterocycles. The first-order chi connectivity index (χ1) is 45.2. The van der Waals surface area contributed by atoms with Crippen LogP contribution >= 0.6 is 15.1 Å².